The Bertz CT molecular complexity index is 427. The Hall–Kier alpha value is -0.940. The Morgan fingerprint density at radius 1 is 1.47 bits per heavy atom. The van der Waals surface area contributed by atoms with Crippen LogP contribution in [0.15, 0.2) is 22.9 Å². The summed E-state index contributed by atoms with van der Waals surface area (Å²) in [6.07, 6.45) is 3.97. The van der Waals surface area contributed by atoms with E-state index in [-0.39, 0.29) is 5.91 Å². The molecule has 5 heteroatoms. The van der Waals surface area contributed by atoms with Gasteiger partial charge in [-0.25, -0.2) is 4.98 Å². The molecule has 1 amide bonds. The maximum Gasteiger partial charge on any atom is 0.255 e. The Morgan fingerprint density at radius 3 is 2.74 bits per heavy atom. The summed E-state index contributed by atoms with van der Waals surface area (Å²) < 4.78 is 0.752. The zero-order valence-electron chi connectivity index (χ0n) is 11.5. The highest BCUT2D eigenvalue weighted by Crippen LogP contribution is 2.18. The first-order chi connectivity index (χ1) is 9.06. The van der Waals surface area contributed by atoms with E-state index in [1.165, 1.54) is 12.8 Å². The summed E-state index contributed by atoms with van der Waals surface area (Å²) in [4.78, 5) is 20.5. The van der Waals surface area contributed by atoms with E-state index in [1.54, 1.807) is 12.3 Å². The first kappa shape index (κ1) is 14.5. The van der Waals surface area contributed by atoms with Gasteiger partial charge < -0.3 is 9.80 Å². The van der Waals surface area contributed by atoms with Crippen molar-refractivity contribution < 1.29 is 4.79 Å². The van der Waals surface area contributed by atoms with Gasteiger partial charge in [0.25, 0.3) is 5.91 Å². The van der Waals surface area contributed by atoms with Crippen molar-refractivity contribution in [2.24, 2.45) is 5.92 Å². The molecule has 0 N–H and O–H groups in total. The molecule has 1 fully saturated rings. The number of carbonyl (C=O) groups excluding carboxylic acids is 1. The van der Waals surface area contributed by atoms with E-state index in [4.69, 9.17) is 0 Å². The number of pyridine rings is 1. The lowest BCUT2D eigenvalue weighted by Gasteiger charge is -2.31. The number of carbonyl (C=O) groups is 1. The van der Waals surface area contributed by atoms with Crippen LogP contribution in [0.25, 0.3) is 0 Å². The topological polar surface area (TPSA) is 36.4 Å². The quantitative estimate of drug-likeness (QED) is 0.800. The molecule has 19 heavy (non-hydrogen) atoms. The van der Waals surface area contributed by atoms with Crippen LogP contribution in [0.3, 0.4) is 0 Å². The summed E-state index contributed by atoms with van der Waals surface area (Å²) >= 11 is 3.28. The van der Waals surface area contributed by atoms with Crippen LogP contribution < -0.4 is 0 Å². The van der Waals surface area contributed by atoms with Crippen LogP contribution in [-0.2, 0) is 0 Å². The molecule has 1 aliphatic heterocycles. The third-order valence-corrected chi connectivity index (χ3v) is 4.16. The van der Waals surface area contributed by atoms with Crippen molar-refractivity contribution in [3.05, 3.63) is 28.5 Å². The lowest BCUT2D eigenvalue weighted by atomic mass is 9.96. The third-order valence-electron chi connectivity index (χ3n) is 3.69. The maximum atomic E-state index is 12.3. The van der Waals surface area contributed by atoms with E-state index < -0.39 is 0 Å². The zero-order valence-corrected chi connectivity index (χ0v) is 13.1. The molecule has 0 radical (unpaired) electrons. The van der Waals surface area contributed by atoms with Crippen molar-refractivity contribution in [2.45, 2.75) is 12.8 Å². The number of rotatable bonds is 3. The molecule has 0 bridgehead atoms. The average molecular weight is 326 g/mol. The summed E-state index contributed by atoms with van der Waals surface area (Å²) in [6, 6.07) is 3.61. The Balaban J connectivity index is 1.90. The van der Waals surface area contributed by atoms with Gasteiger partial charge in [-0.15, -0.1) is 0 Å². The SMILES string of the molecule is CN1CCC(CN(C)C(=O)c2ccc(Br)nc2)CC1. The van der Waals surface area contributed by atoms with Crippen LogP contribution >= 0.6 is 15.9 Å². The molecule has 2 heterocycles. The number of piperidine rings is 1. The van der Waals surface area contributed by atoms with Crippen molar-refractivity contribution in [1.82, 2.24) is 14.8 Å². The Labute approximate surface area is 122 Å². The number of hydrogen-bond acceptors (Lipinski definition) is 3. The van der Waals surface area contributed by atoms with E-state index >= 15 is 0 Å². The van der Waals surface area contributed by atoms with Gasteiger partial charge in [-0.1, -0.05) is 0 Å². The fraction of sp³-hybridized carbons (Fsp3) is 0.571. The zero-order chi connectivity index (χ0) is 13.8. The van der Waals surface area contributed by atoms with Crippen LogP contribution in [0.5, 0.6) is 0 Å². The summed E-state index contributed by atoms with van der Waals surface area (Å²) in [6.45, 7) is 3.10. The molecule has 1 aromatic heterocycles. The van der Waals surface area contributed by atoms with Gasteiger partial charge in [0.15, 0.2) is 0 Å². The largest absolute Gasteiger partial charge is 0.341 e. The van der Waals surface area contributed by atoms with Crippen LogP contribution in [0.1, 0.15) is 23.2 Å². The van der Waals surface area contributed by atoms with Crippen molar-refractivity contribution >= 4 is 21.8 Å². The van der Waals surface area contributed by atoms with E-state index in [0.717, 1.165) is 24.2 Å². The predicted octanol–water partition coefficient (Wildman–Crippen LogP) is 2.26. The molecule has 0 saturated carbocycles. The number of amides is 1. The molecule has 0 atom stereocenters. The molecule has 104 valence electrons. The van der Waals surface area contributed by atoms with E-state index in [2.05, 4.69) is 32.9 Å². The number of aromatic nitrogens is 1. The second-order valence-corrected chi connectivity index (χ2v) is 6.11. The first-order valence-corrected chi connectivity index (χ1v) is 7.41. The molecule has 1 aliphatic rings. The van der Waals surface area contributed by atoms with Crippen LogP contribution in [0.4, 0.5) is 0 Å². The summed E-state index contributed by atoms with van der Waals surface area (Å²) in [5.74, 6) is 0.674. The van der Waals surface area contributed by atoms with E-state index in [9.17, 15) is 4.79 Å². The minimum absolute atomic E-state index is 0.0546. The molecule has 2 rings (SSSR count). The minimum atomic E-state index is 0.0546. The van der Waals surface area contributed by atoms with E-state index in [0.29, 0.717) is 11.5 Å². The fourth-order valence-electron chi connectivity index (χ4n) is 2.44. The van der Waals surface area contributed by atoms with Gasteiger partial charge in [0, 0.05) is 19.8 Å². The van der Waals surface area contributed by atoms with Crippen LogP contribution in [-0.4, -0.2) is 54.4 Å². The molecule has 0 aliphatic carbocycles. The first-order valence-electron chi connectivity index (χ1n) is 6.62. The molecular formula is C14H20BrN3O. The van der Waals surface area contributed by atoms with Crippen molar-refractivity contribution in [3.8, 4) is 0 Å². The van der Waals surface area contributed by atoms with Gasteiger partial charge >= 0.3 is 0 Å². The number of nitrogens with zero attached hydrogens (tertiary/aromatic N) is 3. The second-order valence-electron chi connectivity index (χ2n) is 5.30. The Kier molecular flexibility index (Phi) is 4.93. The second kappa shape index (κ2) is 6.48. The average Bonchev–Trinajstić information content (AvgIpc) is 2.41. The molecule has 0 aromatic carbocycles. The minimum Gasteiger partial charge on any atom is -0.341 e. The van der Waals surface area contributed by atoms with Crippen LogP contribution in [0.2, 0.25) is 0 Å². The molecule has 0 unspecified atom stereocenters. The normalized spacial score (nSPS) is 17.4. The number of halogens is 1. The van der Waals surface area contributed by atoms with Crippen molar-refractivity contribution in [1.29, 1.82) is 0 Å². The summed E-state index contributed by atoms with van der Waals surface area (Å²) in [5, 5.41) is 0. The molecule has 1 saturated heterocycles. The lowest BCUT2D eigenvalue weighted by molar-refractivity contribution is 0.0747. The predicted molar refractivity (Wildman–Crippen MR) is 79.1 cm³/mol. The number of likely N-dealkylation sites (tertiary alicyclic amines) is 1. The van der Waals surface area contributed by atoms with Gasteiger partial charge in [0.1, 0.15) is 4.60 Å². The summed E-state index contributed by atoms with van der Waals surface area (Å²) in [7, 11) is 4.03. The monoisotopic (exact) mass is 325 g/mol. The highest BCUT2D eigenvalue weighted by atomic mass is 79.9. The lowest BCUT2D eigenvalue weighted by Crippen LogP contribution is -2.38. The van der Waals surface area contributed by atoms with Gasteiger partial charge in [0.2, 0.25) is 0 Å². The molecular weight excluding hydrogens is 306 g/mol. The summed E-state index contributed by atoms with van der Waals surface area (Å²) in [5.41, 5.74) is 0.652. The van der Waals surface area contributed by atoms with Crippen LogP contribution in [0, 0.1) is 5.92 Å². The maximum absolute atomic E-state index is 12.3. The highest BCUT2D eigenvalue weighted by Gasteiger charge is 2.21. The fourth-order valence-corrected chi connectivity index (χ4v) is 2.67. The van der Waals surface area contributed by atoms with Gasteiger partial charge in [-0.2, -0.15) is 0 Å². The molecule has 1 aromatic rings. The molecule has 4 nitrogen and oxygen atoms in total. The Morgan fingerprint density at radius 2 is 2.16 bits per heavy atom. The van der Waals surface area contributed by atoms with E-state index in [1.807, 2.05) is 18.0 Å². The van der Waals surface area contributed by atoms with Gasteiger partial charge in [-0.05, 0) is 67.0 Å². The number of hydrogen-bond donors (Lipinski definition) is 0. The smallest absolute Gasteiger partial charge is 0.255 e. The highest BCUT2D eigenvalue weighted by molar-refractivity contribution is 9.10. The standard InChI is InChI=1S/C14H20BrN3O/c1-17-7-5-11(6-8-17)10-18(2)14(19)12-3-4-13(15)16-9-12/h3-4,9,11H,5-8,10H2,1-2H3. The third kappa shape index (κ3) is 4.01. The van der Waals surface area contributed by atoms with Gasteiger partial charge in [-0.3, -0.25) is 4.79 Å². The van der Waals surface area contributed by atoms with Crippen molar-refractivity contribution in [2.75, 3.05) is 33.7 Å². The van der Waals surface area contributed by atoms with Crippen molar-refractivity contribution in [3.63, 3.8) is 0 Å². The van der Waals surface area contributed by atoms with Gasteiger partial charge in [0.05, 0.1) is 5.56 Å². The molecule has 0 spiro atoms.